The van der Waals surface area contributed by atoms with Crippen LogP contribution in [-0.4, -0.2) is 67.6 Å². The highest BCUT2D eigenvalue weighted by Crippen LogP contribution is 2.29. The first kappa shape index (κ1) is 27.7. The predicted molar refractivity (Wildman–Crippen MR) is 145 cm³/mol. The number of carboxylic acid groups (broad SMARTS) is 1. The smallest absolute Gasteiger partial charge is 0.320 e. The van der Waals surface area contributed by atoms with Gasteiger partial charge in [-0.05, 0) is 49.2 Å². The summed E-state index contributed by atoms with van der Waals surface area (Å²) in [4.78, 5) is 13.3. The van der Waals surface area contributed by atoms with Crippen LogP contribution in [0.4, 0.5) is 5.69 Å². The maximum Gasteiger partial charge on any atom is 0.320 e. The van der Waals surface area contributed by atoms with Crippen molar-refractivity contribution in [1.82, 2.24) is 4.90 Å². The SMILES string of the molecule is CC(=N)N1CCC(Oc2ccc(N(CC=Cc3cccc(C(=N)N)c3)S(=O)(=O)CC(=O)O)c(C)c2)CC1. The van der Waals surface area contributed by atoms with Crippen molar-refractivity contribution in [1.29, 1.82) is 10.8 Å². The summed E-state index contributed by atoms with van der Waals surface area (Å²) < 4.78 is 33.2. The molecule has 0 radical (unpaired) electrons. The molecule has 198 valence electrons. The average molecular weight is 528 g/mol. The van der Waals surface area contributed by atoms with E-state index in [-0.39, 0.29) is 18.5 Å². The molecule has 3 rings (SSSR count). The van der Waals surface area contributed by atoms with Crippen LogP contribution < -0.4 is 14.8 Å². The number of likely N-dealkylation sites (tertiary alicyclic amines) is 1. The van der Waals surface area contributed by atoms with Gasteiger partial charge in [-0.3, -0.25) is 19.9 Å². The highest BCUT2D eigenvalue weighted by atomic mass is 32.2. The van der Waals surface area contributed by atoms with E-state index >= 15 is 0 Å². The second-order valence-corrected chi connectivity index (χ2v) is 10.9. The second-order valence-electron chi connectivity index (χ2n) is 8.96. The molecule has 0 saturated carbocycles. The van der Waals surface area contributed by atoms with Gasteiger partial charge in [0.2, 0.25) is 10.0 Å². The molecular formula is C26H33N5O5S. The molecule has 5 N–H and O–H groups in total. The topological polar surface area (TPSA) is 161 Å². The molecule has 1 fully saturated rings. The van der Waals surface area contributed by atoms with Crippen LogP contribution >= 0.6 is 0 Å². The third-order valence-corrected chi connectivity index (χ3v) is 7.71. The molecule has 0 amide bonds. The molecule has 2 aromatic rings. The van der Waals surface area contributed by atoms with Gasteiger partial charge in [-0.1, -0.05) is 30.4 Å². The van der Waals surface area contributed by atoms with Gasteiger partial charge < -0.3 is 20.5 Å². The van der Waals surface area contributed by atoms with Crippen LogP contribution in [0.2, 0.25) is 0 Å². The number of nitrogens with one attached hydrogen (secondary N) is 2. The van der Waals surface area contributed by atoms with E-state index in [1.54, 1.807) is 68.5 Å². The highest BCUT2D eigenvalue weighted by molar-refractivity contribution is 7.93. The van der Waals surface area contributed by atoms with Crippen molar-refractivity contribution in [3.8, 4) is 5.75 Å². The van der Waals surface area contributed by atoms with Crippen molar-refractivity contribution in [3.05, 3.63) is 65.2 Å². The molecule has 1 saturated heterocycles. The molecule has 1 aliphatic heterocycles. The number of hydrogen-bond acceptors (Lipinski definition) is 6. The zero-order valence-corrected chi connectivity index (χ0v) is 21.8. The molecule has 37 heavy (non-hydrogen) atoms. The minimum atomic E-state index is -4.17. The Morgan fingerprint density at radius 2 is 1.92 bits per heavy atom. The number of rotatable bonds is 10. The number of nitrogens with two attached hydrogens (primary N) is 1. The molecule has 10 nitrogen and oxygen atoms in total. The molecule has 2 aromatic carbocycles. The first-order valence-electron chi connectivity index (χ1n) is 11.9. The van der Waals surface area contributed by atoms with Gasteiger partial charge >= 0.3 is 5.97 Å². The van der Waals surface area contributed by atoms with Crippen LogP contribution in [-0.2, 0) is 14.8 Å². The van der Waals surface area contributed by atoms with E-state index in [9.17, 15) is 18.3 Å². The number of amidine groups is 2. The van der Waals surface area contributed by atoms with E-state index in [4.69, 9.17) is 21.3 Å². The Balaban J connectivity index is 1.80. The van der Waals surface area contributed by atoms with Gasteiger partial charge in [-0.25, -0.2) is 8.42 Å². The van der Waals surface area contributed by atoms with Crippen LogP contribution in [0.15, 0.2) is 48.5 Å². The monoisotopic (exact) mass is 527 g/mol. The third-order valence-electron chi connectivity index (χ3n) is 6.08. The summed E-state index contributed by atoms with van der Waals surface area (Å²) in [5.74, 6) is -1.40. The summed E-state index contributed by atoms with van der Waals surface area (Å²) in [7, 11) is -4.17. The lowest BCUT2D eigenvalue weighted by Gasteiger charge is -2.33. The summed E-state index contributed by atoms with van der Waals surface area (Å²) >= 11 is 0. The lowest BCUT2D eigenvalue weighted by atomic mass is 10.1. The van der Waals surface area contributed by atoms with Crippen LogP contribution in [0, 0.1) is 17.7 Å². The number of anilines is 1. The number of nitrogen functional groups attached to an aromatic ring is 1. The number of carboxylic acids is 1. The van der Waals surface area contributed by atoms with E-state index < -0.39 is 21.7 Å². The van der Waals surface area contributed by atoms with Gasteiger partial charge in [-0.15, -0.1) is 0 Å². The van der Waals surface area contributed by atoms with Crippen molar-refractivity contribution in [2.24, 2.45) is 5.73 Å². The molecule has 0 unspecified atom stereocenters. The third kappa shape index (κ3) is 7.56. The number of benzene rings is 2. The Hall–Kier alpha value is -3.86. The number of hydrogen-bond donors (Lipinski definition) is 4. The molecule has 1 heterocycles. The lowest BCUT2D eigenvalue weighted by Crippen LogP contribution is -2.40. The van der Waals surface area contributed by atoms with Crippen LogP contribution in [0.25, 0.3) is 6.08 Å². The van der Waals surface area contributed by atoms with Crippen molar-refractivity contribution >= 4 is 39.4 Å². The van der Waals surface area contributed by atoms with Crippen molar-refractivity contribution < 1.29 is 23.1 Å². The van der Waals surface area contributed by atoms with Gasteiger partial charge in [0, 0.05) is 31.5 Å². The van der Waals surface area contributed by atoms with Crippen LogP contribution in [0.5, 0.6) is 5.75 Å². The number of nitrogens with zero attached hydrogens (tertiary/aromatic N) is 2. The van der Waals surface area contributed by atoms with Gasteiger partial charge in [0.1, 0.15) is 17.7 Å². The van der Waals surface area contributed by atoms with Gasteiger partial charge in [0.15, 0.2) is 5.75 Å². The lowest BCUT2D eigenvalue weighted by molar-refractivity contribution is -0.134. The fraction of sp³-hybridized carbons (Fsp3) is 0.346. The van der Waals surface area contributed by atoms with E-state index in [0.29, 0.717) is 28.4 Å². The summed E-state index contributed by atoms with van der Waals surface area (Å²) in [6.07, 6.45) is 4.89. The molecule has 0 atom stereocenters. The van der Waals surface area contributed by atoms with E-state index in [2.05, 4.69) is 0 Å². The number of piperidine rings is 1. The molecule has 1 aliphatic rings. The standard InChI is InChI=1S/C26H33N5O5S/c1-18-15-23(36-22-10-13-30(14-11-22)19(2)27)8-9-24(18)31(37(34,35)17-25(32)33)12-4-6-20-5-3-7-21(16-20)26(28)29/h3-9,15-16,22,27H,10-14,17H2,1-2H3,(H3,28,29)(H,32,33). The predicted octanol–water partition coefficient (Wildman–Crippen LogP) is 3.05. The second kappa shape index (κ2) is 11.9. The zero-order valence-electron chi connectivity index (χ0n) is 21.0. The Morgan fingerprint density at radius 1 is 1.22 bits per heavy atom. The van der Waals surface area contributed by atoms with E-state index in [1.807, 2.05) is 4.90 Å². The Bertz CT molecular complexity index is 1300. The normalized spacial score (nSPS) is 14.5. The summed E-state index contributed by atoms with van der Waals surface area (Å²) in [5, 5.41) is 24.5. The summed E-state index contributed by atoms with van der Waals surface area (Å²) in [6, 6.07) is 12.0. The van der Waals surface area contributed by atoms with Crippen LogP contribution in [0.1, 0.15) is 36.5 Å². The number of ether oxygens (including phenoxy) is 1. The molecule has 0 bridgehead atoms. The molecule has 11 heteroatoms. The van der Waals surface area contributed by atoms with Gasteiger partial charge in [0.25, 0.3) is 0 Å². The Labute approximate surface area is 217 Å². The molecule has 0 aliphatic carbocycles. The summed E-state index contributed by atoms with van der Waals surface area (Å²) in [6.45, 7) is 4.95. The van der Waals surface area contributed by atoms with Gasteiger partial charge in [-0.2, -0.15) is 0 Å². The largest absolute Gasteiger partial charge is 0.490 e. The first-order valence-corrected chi connectivity index (χ1v) is 13.5. The fourth-order valence-corrected chi connectivity index (χ4v) is 5.46. The van der Waals surface area contributed by atoms with E-state index in [1.165, 1.54) is 0 Å². The molecular weight excluding hydrogens is 494 g/mol. The van der Waals surface area contributed by atoms with Crippen molar-refractivity contribution in [3.63, 3.8) is 0 Å². The Kier molecular flexibility index (Phi) is 8.93. The minimum Gasteiger partial charge on any atom is -0.490 e. The minimum absolute atomic E-state index is 0.00129. The maximum absolute atomic E-state index is 13.0. The number of aliphatic carboxylic acids is 1. The number of sulfonamides is 1. The van der Waals surface area contributed by atoms with Crippen LogP contribution in [0.3, 0.4) is 0 Å². The molecule has 0 aromatic heterocycles. The zero-order chi connectivity index (χ0) is 27.2. The quantitative estimate of drug-likeness (QED) is 0.273. The number of carbonyl (C=O) groups is 1. The van der Waals surface area contributed by atoms with Crippen molar-refractivity contribution in [2.45, 2.75) is 32.8 Å². The molecule has 0 spiro atoms. The first-order chi connectivity index (χ1) is 17.5. The average Bonchev–Trinajstić information content (AvgIpc) is 2.82. The van der Waals surface area contributed by atoms with Gasteiger partial charge in [0.05, 0.1) is 18.1 Å². The number of aryl methyl sites for hydroxylation is 1. The Morgan fingerprint density at radius 3 is 2.51 bits per heavy atom. The highest BCUT2D eigenvalue weighted by Gasteiger charge is 2.27. The maximum atomic E-state index is 13.0. The summed E-state index contributed by atoms with van der Waals surface area (Å²) in [5.41, 5.74) is 7.81. The fourth-order valence-electron chi connectivity index (χ4n) is 4.17. The van der Waals surface area contributed by atoms with Crippen molar-refractivity contribution in [2.75, 3.05) is 29.7 Å². The van der Waals surface area contributed by atoms with E-state index in [0.717, 1.165) is 35.8 Å².